The second-order valence-electron chi connectivity index (χ2n) is 7.72. The minimum absolute atomic E-state index is 0.0943. The van der Waals surface area contributed by atoms with Gasteiger partial charge in [-0.1, -0.05) is 25.8 Å². The van der Waals surface area contributed by atoms with E-state index >= 15 is 0 Å². The highest BCUT2D eigenvalue weighted by molar-refractivity contribution is 5.93. The monoisotopic (exact) mass is 374 g/mol. The quantitative estimate of drug-likeness (QED) is 0.822. The molecule has 0 radical (unpaired) electrons. The van der Waals surface area contributed by atoms with Gasteiger partial charge in [-0.05, 0) is 38.7 Å². The predicted octanol–water partition coefficient (Wildman–Crippen LogP) is 2.36. The summed E-state index contributed by atoms with van der Waals surface area (Å²) in [6.07, 6.45) is 8.06. The number of nitrogens with zero attached hydrogens (tertiary/aromatic N) is 3. The Bertz CT molecular complexity index is 778. The van der Waals surface area contributed by atoms with Crippen LogP contribution in [0.25, 0.3) is 0 Å². The van der Waals surface area contributed by atoms with Crippen LogP contribution < -0.4 is 10.9 Å². The highest BCUT2D eigenvalue weighted by Crippen LogP contribution is 2.28. The second-order valence-corrected chi connectivity index (χ2v) is 7.72. The lowest BCUT2D eigenvalue weighted by Gasteiger charge is -2.30. The first-order valence-electron chi connectivity index (χ1n) is 9.94. The zero-order chi connectivity index (χ0) is 19.6. The molecular formula is C20H30N4O3. The zero-order valence-electron chi connectivity index (χ0n) is 16.4. The number of carbonyl (C=O) groups excluding carboxylic acids is 2. The average Bonchev–Trinajstić information content (AvgIpc) is 2.91. The summed E-state index contributed by atoms with van der Waals surface area (Å²) in [6, 6.07) is 0.216. The number of anilines is 1. The van der Waals surface area contributed by atoms with E-state index in [9.17, 15) is 14.4 Å². The van der Waals surface area contributed by atoms with Gasteiger partial charge >= 0.3 is 0 Å². The third-order valence-corrected chi connectivity index (χ3v) is 6.11. The molecule has 0 atom stereocenters. The van der Waals surface area contributed by atoms with Gasteiger partial charge < -0.3 is 10.2 Å². The lowest BCUT2D eigenvalue weighted by Crippen LogP contribution is -2.41. The molecule has 0 aromatic carbocycles. The maximum atomic E-state index is 13.0. The molecule has 2 amide bonds. The molecular weight excluding hydrogens is 344 g/mol. The fourth-order valence-corrected chi connectivity index (χ4v) is 4.33. The average molecular weight is 374 g/mol. The number of rotatable bonds is 4. The lowest BCUT2D eigenvalue weighted by molar-refractivity contribution is -0.130. The molecule has 27 heavy (non-hydrogen) atoms. The van der Waals surface area contributed by atoms with Crippen molar-refractivity contribution in [1.82, 2.24) is 14.3 Å². The Morgan fingerprint density at radius 1 is 1.11 bits per heavy atom. The van der Waals surface area contributed by atoms with Gasteiger partial charge in [-0.3, -0.25) is 19.1 Å². The van der Waals surface area contributed by atoms with Crippen LogP contribution in [0, 0.1) is 12.8 Å². The number of aromatic nitrogens is 2. The van der Waals surface area contributed by atoms with Crippen molar-refractivity contribution in [3.05, 3.63) is 28.7 Å². The maximum Gasteiger partial charge on any atom is 0.290 e. The number of likely N-dealkylation sites (tertiary alicyclic amines) is 1. The van der Waals surface area contributed by atoms with Gasteiger partial charge in [0.25, 0.3) is 5.56 Å². The van der Waals surface area contributed by atoms with Gasteiger partial charge in [-0.2, -0.15) is 0 Å². The summed E-state index contributed by atoms with van der Waals surface area (Å²) in [5, 5.41) is 2.89. The number of hydrogen-bond donors (Lipinski definition) is 1. The highest BCUT2D eigenvalue weighted by atomic mass is 16.2. The number of carbonyl (C=O) groups is 2. The molecule has 0 spiro atoms. The Balaban J connectivity index is 1.71. The van der Waals surface area contributed by atoms with Crippen LogP contribution in [0.3, 0.4) is 0 Å². The first kappa shape index (κ1) is 19.5. The van der Waals surface area contributed by atoms with E-state index in [2.05, 4.69) is 11.9 Å². The van der Waals surface area contributed by atoms with Crippen molar-refractivity contribution in [2.75, 3.05) is 18.4 Å². The molecule has 1 aromatic heterocycles. The number of piperidine rings is 1. The Labute approximate surface area is 160 Å². The molecule has 3 rings (SSSR count). The summed E-state index contributed by atoms with van der Waals surface area (Å²) in [5.41, 5.74) is 1.09. The smallest absolute Gasteiger partial charge is 0.290 e. The van der Waals surface area contributed by atoms with Gasteiger partial charge in [0, 0.05) is 26.1 Å². The van der Waals surface area contributed by atoms with Gasteiger partial charge in [0.05, 0.1) is 11.7 Å². The van der Waals surface area contributed by atoms with Crippen molar-refractivity contribution in [2.45, 2.75) is 57.9 Å². The van der Waals surface area contributed by atoms with Gasteiger partial charge in [0.1, 0.15) is 5.69 Å². The molecule has 0 unspecified atom stereocenters. The third kappa shape index (κ3) is 3.87. The molecule has 1 N–H and O–H groups in total. The minimum Gasteiger partial charge on any atom is -0.339 e. The molecule has 0 bridgehead atoms. The van der Waals surface area contributed by atoms with E-state index < -0.39 is 0 Å². The van der Waals surface area contributed by atoms with Crippen molar-refractivity contribution < 1.29 is 9.59 Å². The van der Waals surface area contributed by atoms with Crippen LogP contribution in [-0.4, -0.2) is 39.2 Å². The van der Waals surface area contributed by atoms with Gasteiger partial charge in [0.15, 0.2) is 0 Å². The summed E-state index contributed by atoms with van der Waals surface area (Å²) in [6.45, 7) is 6.47. The second kappa shape index (κ2) is 8.15. The molecule has 7 nitrogen and oxygen atoms in total. The highest BCUT2D eigenvalue weighted by Gasteiger charge is 2.29. The van der Waals surface area contributed by atoms with Gasteiger partial charge in [0.2, 0.25) is 11.8 Å². The molecule has 1 aromatic rings. The number of hydrogen-bond acceptors (Lipinski definition) is 3. The molecule has 7 heteroatoms. The third-order valence-electron chi connectivity index (χ3n) is 6.11. The Hall–Kier alpha value is -2.31. The Kier molecular flexibility index (Phi) is 5.87. The fourth-order valence-electron chi connectivity index (χ4n) is 4.33. The molecule has 1 saturated heterocycles. The topological polar surface area (TPSA) is 76.3 Å². The van der Waals surface area contributed by atoms with Crippen molar-refractivity contribution in [3.63, 3.8) is 0 Å². The summed E-state index contributed by atoms with van der Waals surface area (Å²) in [7, 11) is 1.89. The van der Waals surface area contributed by atoms with Crippen molar-refractivity contribution in [2.24, 2.45) is 13.0 Å². The van der Waals surface area contributed by atoms with Crippen molar-refractivity contribution >= 4 is 17.5 Å². The molecule has 2 aliphatic rings. The summed E-state index contributed by atoms with van der Waals surface area (Å²) >= 11 is 0. The molecule has 2 fully saturated rings. The first-order valence-corrected chi connectivity index (χ1v) is 9.94. The van der Waals surface area contributed by atoms with Crippen LogP contribution in [0.15, 0.2) is 17.4 Å². The maximum absolute atomic E-state index is 13.0. The Morgan fingerprint density at radius 3 is 2.33 bits per heavy atom. The van der Waals surface area contributed by atoms with Crippen LogP contribution in [0.2, 0.25) is 0 Å². The van der Waals surface area contributed by atoms with Gasteiger partial charge in [-0.25, -0.2) is 4.68 Å². The zero-order valence-corrected chi connectivity index (χ0v) is 16.4. The van der Waals surface area contributed by atoms with Gasteiger partial charge in [-0.15, -0.1) is 0 Å². The SMILES string of the molecule is C=CC(=O)N1CCC(C(=O)Nc2c(C)n(C)n(C3CCCCC3)c2=O)CC1. The fraction of sp³-hybridized carbons (Fsp3) is 0.650. The van der Waals surface area contributed by atoms with E-state index in [1.54, 1.807) is 4.90 Å². The van der Waals surface area contributed by atoms with E-state index in [0.717, 1.165) is 31.4 Å². The van der Waals surface area contributed by atoms with Crippen molar-refractivity contribution in [3.8, 4) is 0 Å². The van der Waals surface area contributed by atoms with E-state index in [-0.39, 0.29) is 29.3 Å². The molecule has 148 valence electrons. The number of amides is 2. The predicted molar refractivity (Wildman–Crippen MR) is 105 cm³/mol. The van der Waals surface area contributed by atoms with E-state index in [1.165, 1.54) is 12.5 Å². The first-order chi connectivity index (χ1) is 12.9. The van der Waals surface area contributed by atoms with E-state index in [0.29, 0.717) is 31.6 Å². The van der Waals surface area contributed by atoms with Crippen LogP contribution >= 0.6 is 0 Å². The molecule has 1 saturated carbocycles. The Morgan fingerprint density at radius 2 is 1.74 bits per heavy atom. The van der Waals surface area contributed by atoms with Crippen LogP contribution in [0.1, 0.15) is 56.7 Å². The van der Waals surface area contributed by atoms with Crippen molar-refractivity contribution in [1.29, 1.82) is 0 Å². The summed E-state index contributed by atoms with van der Waals surface area (Å²) in [4.78, 5) is 39.1. The summed E-state index contributed by atoms with van der Waals surface area (Å²) < 4.78 is 3.70. The van der Waals surface area contributed by atoms with E-state index in [4.69, 9.17) is 0 Å². The molecule has 2 heterocycles. The standard InChI is InChI=1S/C20H30N4O3/c1-4-17(25)23-12-10-15(11-13-23)19(26)21-18-14(2)22(3)24(20(18)27)16-8-6-5-7-9-16/h4,15-16H,1,5-13H2,2-3H3,(H,21,26). The number of nitrogens with one attached hydrogen (secondary N) is 1. The minimum atomic E-state index is -0.180. The lowest BCUT2D eigenvalue weighted by atomic mass is 9.95. The van der Waals surface area contributed by atoms with Crippen LogP contribution in [0.4, 0.5) is 5.69 Å². The van der Waals surface area contributed by atoms with Crippen LogP contribution in [0.5, 0.6) is 0 Å². The molecule has 1 aliphatic heterocycles. The summed E-state index contributed by atoms with van der Waals surface area (Å²) in [5.74, 6) is -0.397. The van der Waals surface area contributed by atoms with E-state index in [1.807, 2.05) is 23.3 Å². The van der Waals surface area contributed by atoms with Crippen LogP contribution in [-0.2, 0) is 16.6 Å². The molecule has 1 aliphatic carbocycles. The largest absolute Gasteiger partial charge is 0.339 e. The normalized spacial score (nSPS) is 19.1.